The minimum atomic E-state index is -3.28. The molecule has 0 saturated heterocycles. The van der Waals surface area contributed by atoms with E-state index < -0.39 is 9.84 Å². The number of sulfone groups is 1. The van der Waals surface area contributed by atoms with Crippen molar-refractivity contribution in [2.24, 2.45) is 4.99 Å². The second-order valence-electron chi connectivity index (χ2n) is 5.28. The summed E-state index contributed by atoms with van der Waals surface area (Å²) < 4.78 is 24.5. The first kappa shape index (κ1) is 21.9. The molecule has 25 heavy (non-hydrogen) atoms. The monoisotopic (exact) mass is 493 g/mol. The molecule has 0 bridgehead atoms. The van der Waals surface area contributed by atoms with E-state index in [1.165, 1.54) is 10.4 Å². The van der Waals surface area contributed by atoms with Gasteiger partial charge in [-0.25, -0.2) is 13.4 Å². The summed E-state index contributed by atoms with van der Waals surface area (Å²) in [4.78, 5) is 6.08. The summed E-state index contributed by atoms with van der Waals surface area (Å²) >= 11 is 1.68. The zero-order valence-electron chi connectivity index (χ0n) is 14.4. The fraction of sp³-hybridized carbons (Fsp3) is 0.353. The molecule has 0 aliphatic rings. The van der Waals surface area contributed by atoms with Crippen LogP contribution in [0.2, 0.25) is 0 Å². The maximum Gasteiger partial charge on any atom is 0.191 e. The van der Waals surface area contributed by atoms with Gasteiger partial charge in [-0.05, 0) is 43.0 Å². The molecule has 0 aliphatic heterocycles. The van der Waals surface area contributed by atoms with Crippen molar-refractivity contribution in [1.29, 1.82) is 0 Å². The summed E-state index contributed by atoms with van der Waals surface area (Å²) in [6.45, 7) is 5.67. The van der Waals surface area contributed by atoms with E-state index in [9.17, 15) is 8.42 Å². The van der Waals surface area contributed by atoms with E-state index in [-0.39, 0.29) is 29.7 Å². The quantitative estimate of drug-likeness (QED) is 0.353. The maximum absolute atomic E-state index is 12.3. The second kappa shape index (κ2) is 10.8. The molecule has 0 aliphatic carbocycles. The minimum Gasteiger partial charge on any atom is -0.357 e. The van der Waals surface area contributed by atoms with Crippen molar-refractivity contribution in [3.05, 3.63) is 52.2 Å². The molecular weight excluding hydrogens is 469 g/mol. The van der Waals surface area contributed by atoms with Gasteiger partial charge in [0, 0.05) is 18.0 Å². The average molecular weight is 493 g/mol. The Morgan fingerprint density at radius 1 is 1.16 bits per heavy atom. The van der Waals surface area contributed by atoms with E-state index in [1.807, 2.05) is 12.3 Å². The first-order valence-corrected chi connectivity index (χ1v) is 10.4. The Balaban J connectivity index is 0.00000312. The number of aliphatic imine (C=N–C) groups is 1. The molecule has 138 valence electrons. The van der Waals surface area contributed by atoms with Crippen LogP contribution in [0.3, 0.4) is 0 Å². The highest BCUT2D eigenvalue weighted by molar-refractivity contribution is 14.0. The Hall–Kier alpha value is -1.13. The number of hydrogen-bond acceptors (Lipinski definition) is 4. The fourth-order valence-corrected chi connectivity index (χ4v) is 4.12. The minimum absolute atomic E-state index is 0. The topological polar surface area (TPSA) is 70.6 Å². The summed E-state index contributed by atoms with van der Waals surface area (Å²) in [6, 6.07) is 10.6. The van der Waals surface area contributed by atoms with E-state index >= 15 is 0 Å². The Bertz CT molecular complexity index is 774. The summed E-state index contributed by atoms with van der Waals surface area (Å²) in [5.74, 6) is 0.660. The van der Waals surface area contributed by atoms with Gasteiger partial charge in [0.1, 0.15) is 0 Å². The third-order valence-electron chi connectivity index (χ3n) is 3.46. The average Bonchev–Trinajstić information content (AvgIpc) is 2.98. The molecule has 0 saturated carbocycles. The van der Waals surface area contributed by atoms with Crippen LogP contribution in [0.4, 0.5) is 0 Å². The van der Waals surface area contributed by atoms with Crippen LogP contribution in [0.25, 0.3) is 0 Å². The molecule has 0 atom stereocenters. The standard InChI is InChI=1S/C17H23N3O2S2.HI/c1-3-18-17(20-13-16-14(2)9-11-23-16)19-10-12-24(21,22)15-7-5-4-6-8-15;/h4-9,11H,3,10,12-13H2,1-2H3,(H2,18,19,20);1H. The van der Waals surface area contributed by atoms with Crippen molar-refractivity contribution in [3.8, 4) is 0 Å². The van der Waals surface area contributed by atoms with Gasteiger partial charge in [-0.3, -0.25) is 0 Å². The molecule has 0 amide bonds. The molecule has 0 fully saturated rings. The summed E-state index contributed by atoms with van der Waals surface area (Å²) in [5, 5.41) is 8.28. The number of hydrogen-bond donors (Lipinski definition) is 2. The van der Waals surface area contributed by atoms with Gasteiger partial charge < -0.3 is 10.6 Å². The van der Waals surface area contributed by atoms with Gasteiger partial charge in [-0.1, -0.05) is 18.2 Å². The summed E-state index contributed by atoms with van der Waals surface area (Å²) in [6.07, 6.45) is 0. The molecule has 5 nitrogen and oxygen atoms in total. The predicted octanol–water partition coefficient (Wildman–Crippen LogP) is 3.20. The molecule has 1 aromatic carbocycles. The molecule has 8 heteroatoms. The number of rotatable bonds is 7. The molecule has 2 N–H and O–H groups in total. The van der Waals surface area contributed by atoms with Crippen LogP contribution in [-0.2, 0) is 16.4 Å². The summed E-state index contributed by atoms with van der Waals surface area (Å²) in [7, 11) is -3.28. The Labute approximate surface area is 170 Å². The van der Waals surface area contributed by atoms with Crippen LogP contribution in [-0.4, -0.2) is 33.2 Å². The number of nitrogens with zero attached hydrogens (tertiary/aromatic N) is 1. The van der Waals surface area contributed by atoms with Gasteiger partial charge in [-0.15, -0.1) is 35.3 Å². The third-order valence-corrected chi connectivity index (χ3v) is 6.20. The number of halogens is 1. The molecule has 2 rings (SSSR count). The van der Waals surface area contributed by atoms with Gasteiger partial charge in [0.15, 0.2) is 15.8 Å². The van der Waals surface area contributed by atoms with Crippen LogP contribution in [0.5, 0.6) is 0 Å². The lowest BCUT2D eigenvalue weighted by molar-refractivity contribution is 0.594. The normalized spacial score (nSPS) is 11.7. The zero-order valence-corrected chi connectivity index (χ0v) is 18.3. The molecule has 0 unspecified atom stereocenters. The van der Waals surface area contributed by atoms with E-state index in [0.29, 0.717) is 23.9 Å². The molecule has 0 spiro atoms. The lowest BCUT2D eigenvalue weighted by Crippen LogP contribution is -2.39. The van der Waals surface area contributed by atoms with E-state index in [2.05, 4.69) is 28.6 Å². The van der Waals surface area contributed by atoms with E-state index in [1.54, 1.807) is 41.7 Å². The summed E-state index contributed by atoms with van der Waals surface area (Å²) in [5.41, 5.74) is 1.23. The highest BCUT2D eigenvalue weighted by Gasteiger charge is 2.13. The number of thiophene rings is 1. The number of aryl methyl sites for hydroxylation is 1. The highest BCUT2D eigenvalue weighted by Crippen LogP contribution is 2.16. The van der Waals surface area contributed by atoms with Gasteiger partial charge >= 0.3 is 0 Å². The van der Waals surface area contributed by atoms with Crippen molar-refractivity contribution in [2.45, 2.75) is 25.3 Å². The largest absolute Gasteiger partial charge is 0.357 e. The van der Waals surface area contributed by atoms with Gasteiger partial charge in [0.05, 0.1) is 17.2 Å². The Morgan fingerprint density at radius 2 is 1.88 bits per heavy atom. The first-order valence-electron chi connectivity index (χ1n) is 7.86. The number of guanidine groups is 1. The number of nitrogens with one attached hydrogen (secondary N) is 2. The molecule has 2 aromatic rings. The van der Waals surface area contributed by atoms with Crippen molar-refractivity contribution >= 4 is 51.1 Å². The van der Waals surface area contributed by atoms with Crippen LogP contribution < -0.4 is 10.6 Å². The van der Waals surface area contributed by atoms with E-state index in [0.717, 1.165) is 6.54 Å². The van der Waals surface area contributed by atoms with Crippen molar-refractivity contribution in [2.75, 3.05) is 18.8 Å². The lowest BCUT2D eigenvalue weighted by Gasteiger charge is -2.11. The maximum atomic E-state index is 12.3. The zero-order chi connectivity index (χ0) is 17.4. The van der Waals surface area contributed by atoms with Gasteiger partial charge in [0.2, 0.25) is 0 Å². The third kappa shape index (κ3) is 6.95. The van der Waals surface area contributed by atoms with Crippen LogP contribution in [0.15, 0.2) is 51.7 Å². The van der Waals surface area contributed by atoms with Crippen molar-refractivity contribution in [3.63, 3.8) is 0 Å². The fourth-order valence-electron chi connectivity index (χ4n) is 2.11. The first-order chi connectivity index (χ1) is 11.5. The van der Waals surface area contributed by atoms with Crippen LogP contribution in [0.1, 0.15) is 17.4 Å². The number of benzene rings is 1. The van der Waals surface area contributed by atoms with E-state index in [4.69, 9.17) is 0 Å². The Morgan fingerprint density at radius 3 is 2.48 bits per heavy atom. The molecule has 0 radical (unpaired) electrons. The molecule has 1 heterocycles. The van der Waals surface area contributed by atoms with Crippen LogP contribution >= 0.6 is 35.3 Å². The SMILES string of the molecule is CCNC(=NCc1sccc1C)NCCS(=O)(=O)c1ccccc1.I. The van der Waals surface area contributed by atoms with Crippen LogP contribution in [0, 0.1) is 6.92 Å². The smallest absolute Gasteiger partial charge is 0.191 e. The molecule has 1 aromatic heterocycles. The van der Waals surface area contributed by atoms with Gasteiger partial charge in [0.25, 0.3) is 0 Å². The molecular formula is C17H24IN3O2S2. The van der Waals surface area contributed by atoms with Gasteiger partial charge in [-0.2, -0.15) is 0 Å². The lowest BCUT2D eigenvalue weighted by atomic mass is 10.3. The highest BCUT2D eigenvalue weighted by atomic mass is 127. The van der Waals surface area contributed by atoms with Crippen molar-refractivity contribution in [1.82, 2.24) is 10.6 Å². The van der Waals surface area contributed by atoms with Crippen molar-refractivity contribution < 1.29 is 8.42 Å². The second-order valence-corrected chi connectivity index (χ2v) is 8.39. The Kier molecular flexibility index (Phi) is 9.44. The predicted molar refractivity (Wildman–Crippen MR) is 116 cm³/mol.